The summed E-state index contributed by atoms with van der Waals surface area (Å²) in [4.78, 5) is 2.51. The molecule has 1 aromatic carbocycles. The van der Waals surface area contributed by atoms with E-state index in [-0.39, 0.29) is 0 Å². The largest absolute Gasteiger partial charge is 0.397 e. The molecule has 0 spiro atoms. The van der Waals surface area contributed by atoms with Crippen molar-refractivity contribution in [2.75, 3.05) is 10.6 Å². The lowest BCUT2D eigenvalue weighted by molar-refractivity contribution is 0.414. The van der Waals surface area contributed by atoms with E-state index in [0.29, 0.717) is 12.1 Å². The molecule has 2 heteroatoms. The summed E-state index contributed by atoms with van der Waals surface area (Å²) < 4.78 is 0. The van der Waals surface area contributed by atoms with E-state index >= 15 is 0 Å². The van der Waals surface area contributed by atoms with Gasteiger partial charge < -0.3 is 10.6 Å². The maximum atomic E-state index is 6.20. The Bertz CT molecular complexity index is 402. The zero-order valence-corrected chi connectivity index (χ0v) is 11.5. The van der Waals surface area contributed by atoms with Gasteiger partial charge in [-0.3, -0.25) is 0 Å². The Morgan fingerprint density at radius 3 is 2.18 bits per heavy atom. The van der Waals surface area contributed by atoms with E-state index in [9.17, 15) is 0 Å². The maximum absolute atomic E-state index is 6.20. The van der Waals surface area contributed by atoms with Crippen LogP contribution in [0.3, 0.4) is 0 Å². The van der Waals surface area contributed by atoms with Crippen LogP contribution in [-0.4, -0.2) is 12.1 Å². The van der Waals surface area contributed by atoms with Gasteiger partial charge in [-0.1, -0.05) is 0 Å². The Labute approximate surface area is 105 Å². The molecule has 1 aliphatic rings. The first-order chi connectivity index (χ1) is 8.00. The SMILES string of the molecule is Cc1cc(N)c(N2[C@H](C)CCC[C@H]2C)cc1C. The van der Waals surface area contributed by atoms with Crippen LogP contribution >= 0.6 is 0 Å². The first kappa shape index (κ1) is 12.3. The van der Waals surface area contributed by atoms with Gasteiger partial charge in [0.25, 0.3) is 0 Å². The minimum atomic E-state index is 0.600. The van der Waals surface area contributed by atoms with Gasteiger partial charge in [-0.25, -0.2) is 0 Å². The molecular weight excluding hydrogens is 208 g/mol. The van der Waals surface area contributed by atoms with Crippen molar-refractivity contribution >= 4 is 11.4 Å². The fraction of sp³-hybridized carbons (Fsp3) is 0.600. The molecule has 2 N–H and O–H groups in total. The molecule has 2 atom stereocenters. The third-order valence-corrected chi connectivity index (χ3v) is 4.11. The molecule has 1 aromatic rings. The van der Waals surface area contributed by atoms with Crippen molar-refractivity contribution in [3.63, 3.8) is 0 Å². The number of rotatable bonds is 1. The van der Waals surface area contributed by atoms with Gasteiger partial charge in [-0.2, -0.15) is 0 Å². The molecule has 2 nitrogen and oxygen atoms in total. The molecule has 0 aliphatic carbocycles. The van der Waals surface area contributed by atoms with Gasteiger partial charge in [0.1, 0.15) is 0 Å². The van der Waals surface area contributed by atoms with Crippen molar-refractivity contribution in [1.29, 1.82) is 0 Å². The van der Waals surface area contributed by atoms with Gasteiger partial charge in [0.05, 0.1) is 11.4 Å². The predicted molar refractivity (Wildman–Crippen MR) is 75.6 cm³/mol. The van der Waals surface area contributed by atoms with Crippen LogP contribution in [-0.2, 0) is 0 Å². The molecule has 0 saturated carbocycles. The van der Waals surface area contributed by atoms with E-state index in [2.05, 4.69) is 44.7 Å². The molecule has 1 saturated heterocycles. The quantitative estimate of drug-likeness (QED) is 0.749. The summed E-state index contributed by atoms with van der Waals surface area (Å²) in [6.45, 7) is 8.91. The van der Waals surface area contributed by atoms with Gasteiger partial charge in [-0.15, -0.1) is 0 Å². The number of anilines is 2. The van der Waals surface area contributed by atoms with Crippen molar-refractivity contribution in [2.24, 2.45) is 0 Å². The van der Waals surface area contributed by atoms with E-state index in [1.807, 2.05) is 0 Å². The van der Waals surface area contributed by atoms with Crippen LogP contribution < -0.4 is 10.6 Å². The molecule has 94 valence electrons. The van der Waals surface area contributed by atoms with Crippen molar-refractivity contribution in [1.82, 2.24) is 0 Å². The highest BCUT2D eigenvalue weighted by Gasteiger charge is 2.26. The van der Waals surface area contributed by atoms with Crippen molar-refractivity contribution in [3.8, 4) is 0 Å². The van der Waals surface area contributed by atoms with E-state index < -0.39 is 0 Å². The summed E-state index contributed by atoms with van der Waals surface area (Å²) in [6, 6.07) is 5.56. The molecule has 2 rings (SSSR count). The number of aryl methyl sites for hydroxylation is 2. The van der Waals surface area contributed by atoms with E-state index in [0.717, 1.165) is 5.69 Å². The summed E-state index contributed by atoms with van der Waals surface area (Å²) in [6.07, 6.45) is 3.89. The Morgan fingerprint density at radius 2 is 1.59 bits per heavy atom. The Hall–Kier alpha value is -1.18. The smallest absolute Gasteiger partial charge is 0.0607 e. The van der Waals surface area contributed by atoms with Crippen molar-refractivity contribution < 1.29 is 0 Å². The molecular formula is C15H24N2. The van der Waals surface area contributed by atoms with Gasteiger partial charge in [0.15, 0.2) is 0 Å². The minimum Gasteiger partial charge on any atom is -0.397 e. The standard InChI is InChI=1S/C15H24N2/c1-10-8-14(16)15(9-11(10)2)17-12(3)6-5-7-13(17)4/h8-9,12-13H,5-7,16H2,1-4H3/t12-,13-/m1/s1. The van der Waals surface area contributed by atoms with Crippen LogP contribution in [0.25, 0.3) is 0 Å². The number of benzene rings is 1. The van der Waals surface area contributed by atoms with Gasteiger partial charge in [0.2, 0.25) is 0 Å². The van der Waals surface area contributed by atoms with Crippen LogP contribution in [0.5, 0.6) is 0 Å². The lowest BCUT2D eigenvalue weighted by atomic mass is 9.95. The summed E-state index contributed by atoms with van der Waals surface area (Å²) in [5.41, 5.74) is 11.0. The molecule has 0 amide bonds. The third kappa shape index (κ3) is 2.26. The molecule has 0 radical (unpaired) electrons. The van der Waals surface area contributed by atoms with Crippen LogP contribution in [0, 0.1) is 13.8 Å². The lowest BCUT2D eigenvalue weighted by Crippen LogP contribution is -2.44. The molecule has 1 fully saturated rings. The van der Waals surface area contributed by atoms with E-state index in [4.69, 9.17) is 5.73 Å². The van der Waals surface area contributed by atoms with Crippen molar-refractivity contribution in [3.05, 3.63) is 23.3 Å². The number of hydrogen-bond acceptors (Lipinski definition) is 2. The highest BCUT2D eigenvalue weighted by atomic mass is 15.2. The third-order valence-electron chi connectivity index (χ3n) is 4.11. The average molecular weight is 232 g/mol. The van der Waals surface area contributed by atoms with Crippen LogP contribution in [0.4, 0.5) is 11.4 Å². The Morgan fingerprint density at radius 1 is 1.06 bits per heavy atom. The number of nitrogens with zero attached hydrogens (tertiary/aromatic N) is 1. The summed E-state index contributed by atoms with van der Waals surface area (Å²) in [5.74, 6) is 0. The molecule has 0 aromatic heterocycles. The monoisotopic (exact) mass is 232 g/mol. The van der Waals surface area contributed by atoms with Crippen LogP contribution in [0.1, 0.15) is 44.2 Å². The molecule has 0 unspecified atom stereocenters. The Balaban J connectivity index is 2.41. The number of nitrogens with two attached hydrogens (primary N) is 1. The normalized spacial score (nSPS) is 25.1. The van der Waals surface area contributed by atoms with Gasteiger partial charge in [-0.05, 0) is 70.2 Å². The maximum Gasteiger partial charge on any atom is 0.0607 e. The van der Waals surface area contributed by atoms with Crippen molar-refractivity contribution in [2.45, 2.75) is 59.0 Å². The van der Waals surface area contributed by atoms with E-state index in [1.54, 1.807) is 0 Å². The number of piperidine rings is 1. The van der Waals surface area contributed by atoms with E-state index in [1.165, 1.54) is 36.1 Å². The molecule has 0 bridgehead atoms. The number of hydrogen-bond donors (Lipinski definition) is 1. The predicted octanol–water partition coefficient (Wildman–Crippen LogP) is 3.65. The average Bonchev–Trinajstić information content (AvgIpc) is 2.25. The Kier molecular flexibility index (Phi) is 3.32. The fourth-order valence-electron chi connectivity index (χ4n) is 2.94. The topological polar surface area (TPSA) is 29.3 Å². The van der Waals surface area contributed by atoms with Gasteiger partial charge in [0, 0.05) is 12.1 Å². The second kappa shape index (κ2) is 4.59. The second-order valence-corrected chi connectivity index (χ2v) is 5.53. The van der Waals surface area contributed by atoms with Crippen LogP contribution in [0.2, 0.25) is 0 Å². The second-order valence-electron chi connectivity index (χ2n) is 5.53. The summed E-state index contributed by atoms with van der Waals surface area (Å²) in [5, 5.41) is 0. The lowest BCUT2D eigenvalue weighted by Gasteiger charge is -2.41. The first-order valence-electron chi connectivity index (χ1n) is 6.65. The van der Waals surface area contributed by atoms with Gasteiger partial charge >= 0.3 is 0 Å². The summed E-state index contributed by atoms with van der Waals surface area (Å²) in [7, 11) is 0. The highest BCUT2D eigenvalue weighted by molar-refractivity contribution is 5.70. The zero-order valence-electron chi connectivity index (χ0n) is 11.5. The highest BCUT2D eigenvalue weighted by Crippen LogP contribution is 2.34. The number of nitrogen functional groups attached to an aromatic ring is 1. The van der Waals surface area contributed by atoms with Crippen LogP contribution in [0.15, 0.2) is 12.1 Å². The minimum absolute atomic E-state index is 0.600. The summed E-state index contributed by atoms with van der Waals surface area (Å²) >= 11 is 0. The molecule has 1 aliphatic heterocycles. The molecule has 17 heavy (non-hydrogen) atoms. The first-order valence-corrected chi connectivity index (χ1v) is 6.65. The fourth-order valence-corrected chi connectivity index (χ4v) is 2.94. The molecule has 1 heterocycles. The zero-order chi connectivity index (χ0) is 12.6.